The fourth-order valence-electron chi connectivity index (χ4n) is 0.774. The molecule has 60 valence electrons. The third-order valence-corrected chi connectivity index (χ3v) is 1.30. The minimum Gasteiger partial charge on any atom is -0.332 e. The molecule has 0 aromatic rings. The number of amides is 1. The molecule has 0 saturated heterocycles. The standard InChI is InChI=1S/C7H14ClNO/c1-7(2,3)5-9(4)6(8)10/h5H2,1-4H3. The monoisotopic (exact) mass is 163 g/mol. The lowest BCUT2D eigenvalue weighted by Crippen LogP contribution is -2.30. The van der Waals surface area contributed by atoms with Gasteiger partial charge in [-0.25, -0.2) is 0 Å². The summed E-state index contributed by atoms with van der Waals surface area (Å²) in [5.41, 5.74) is 0.124. The molecule has 0 aliphatic rings. The molecule has 1 amide bonds. The number of hydrogen-bond acceptors (Lipinski definition) is 1. The summed E-state index contributed by atoms with van der Waals surface area (Å²) in [6, 6.07) is 0. The molecule has 0 aromatic carbocycles. The smallest absolute Gasteiger partial charge is 0.316 e. The maximum absolute atomic E-state index is 10.5. The zero-order valence-electron chi connectivity index (χ0n) is 6.94. The van der Waals surface area contributed by atoms with Gasteiger partial charge in [0, 0.05) is 13.6 Å². The SMILES string of the molecule is CN(CC(C)(C)C)C(=O)Cl. The van der Waals surface area contributed by atoms with Crippen molar-refractivity contribution < 1.29 is 4.79 Å². The fourth-order valence-corrected chi connectivity index (χ4v) is 0.833. The largest absolute Gasteiger partial charge is 0.332 e. The van der Waals surface area contributed by atoms with Crippen molar-refractivity contribution in [3.05, 3.63) is 0 Å². The highest BCUT2D eigenvalue weighted by atomic mass is 35.5. The molecule has 0 N–H and O–H groups in total. The maximum atomic E-state index is 10.5. The van der Waals surface area contributed by atoms with Crippen LogP contribution in [0.1, 0.15) is 20.8 Å². The Balaban J connectivity index is 3.80. The first kappa shape index (κ1) is 9.76. The van der Waals surface area contributed by atoms with Crippen LogP contribution >= 0.6 is 11.6 Å². The molecule has 10 heavy (non-hydrogen) atoms. The predicted octanol–water partition coefficient (Wildman–Crippen LogP) is 2.32. The van der Waals surface area contributed by atoms with Gasteiger partial charge in [-0.05, 0) is 17.0 Å². The van der Waals surface area contributed by atoms with Crippen molar-refractivity contribution in [3.63, 3.8) is 0 Å². The Kier molecular flexibility index (Phi) is 3.16. The number of carbonyl (C=O) groups is 1. The summed E-state index contributed by atoms with van der Waals surface area (Å²) in [6.07, 6.45) is 0. The van der Waals surface area contributed by atoms with E-state index in [1.165, 1.54) is 4.90 Å². The topological polar surface area (TPSA) is 20.3 Å². The summed E-state index contributed by atoms with van der Waals surface area (Å²) in [5.74, 6) is 0. The Morgan fingerprint density at radius 1 is 1.50 bits per heavy atom. The second kappa shape index (κ2) is 3.24. The minimum atomic E-state index is -0.394. The number of carbonyl (C=O) groups excluding carboxylic acids is 1. The van der Waals surface area contributed by atoms with Crippen LogP contribution in [0.5, 0.6) is 0 Å². The van der Waals surface area contributed by atoms with E-state index in [0.29, 0.717) is 6.54 Å². The average Bonchev–Trinajstić information content (AvgIpc) is 1.60. The first-order valence-electron chi connectivity index (χ1n) is 3.23. The number of halogens is 1. The van der Waals surface area contributed by atoms with Crippen molar-refractivity contribution in [3.8, 4) is 0 Å². The Morgan fingerprint density at radius 3 is 2.00 bits per heavy atom. The number of hydrogen-bond donors (Lipinski definition) is 0. The van der Waals surface area contributed by atoms with Crippen molar-refractivity contribution in [2.75, 3.05) is 13.6 Å². The van der Waals surface area contributed by atoms with Crippen LogP contribution in [0.25, 0.3) is 0 Å². The summed E-state index contributed by atoms with van der Waals surface area (Å²) in [5, 5.41) is -0.394. The quantitative estimate of drug-likeness (QED) is 0.429. The lowest BCUT2D eigenvalue weighted by molar-refractivity contribution is 0.210. The van der Waals surface area contributed by atoms with Gasteiger partial charge in [0.25, 0.3) is 0 Å². The highest BCUT2D eigenvalue weighted by Crippen LogP contribution is 2.14. The van der Waals surface area contributed by atoms with E-state index in [1.807, 2.05) is 0 Å². The van der Waals surface area contributed by atoms with Gasteiger partial charge in [0.1, 0.15) is 0 Å². The molecule has 0 heterocycles. The van der Waals surface area contributed by atoms with Crippen molar-refractivity contribution in [1.29, 1.82) is 0 Å². The van der Waals surface area contributed by atoms with Crippen LogP contribution in [0.2, 0.25) is 0 Å². The fraction of sp³-hybridized carbons (Fsp3) is 0.857. The zero-order chi connectivity index (χ0) is 8.36. The molecule has 0 atom stereocenters. The van der Waals surface area contributed by atoms with Gasteiger partial charge in [0.05, 0.1) is 0 Å². The summed E-state index contributed by atoms with van der Waals surface area (Å²) >= 11 is 5.22. The Labute approximate surface area is 67.2 Å². The summed E-state index contributed by atoms with van der Waals surface area (Å²) in [4.78, 5) is 12.0. The van der Waals surface area contributed by atoms with E-state index < -0.39 is 5.37 Å². The minimum absolute atomic E-state index is 0.124. The van der Waals surface area contributed by atoms with Crippen LogP contribution in [0.15, 0.2) is 0 Å². The zero-order valence-corrected chi connectivity index (χ0v) is 7.70. The van der Waals surface area contributed by atoms with Crippen LogP contribution in [-0.2, 0) is 0 Å². The van der Waals surface area contributed by atoms with Gasteiger partial charge >= 0.3 is 5.37 Å². The maximum Gasteiger partial charge on any atom is 0.316 e. The first-order chi connectivity index (χ1) is 4.33. The van der Waals surface area contributed by atoms with Crippen LogP contribution in [0.4, 0.5) is 4.79 Å². The lowest BCUT2D eigenvalue weighted by atomic mass is 9.97. The second-order valence-corrected chi connectivity index (χ2v) is 3.99. The molecule has 0 spiro atoms. The van der Waals surface area contributed by atoms with E-state index in [1.54, 1.807) is 7.05 Å². The van der Waals surface area contributed by atoms with Crippen LogP contribution in [-0.4, -0.2) is 23.9 Å². The summed E-state index contributed by atoms with van der Waals surface area (Å²) < 4.78 is 0. The Hall–Kier alpha value is -0.240. The van der Waals surface area contributed by atoms with Crippen LogP contribution in [0.3, 0.4) is 0 Å². The molecule has 0 aliphatic heterocycles. The van der Waals surface area contributed by atoms with Gasteiger partial charge in [-0.15, -0.1) is 0 Å². The van der Waals surface area contributed by atoms with Gasteiger partial charge < -0.3 is 4.90 Å². The van der Waals surface area contributed by atoms with Gasteiger partial charge in [-0.1, -0.05) is 20.8 Å². The number of nitrogens with zero attached hydrogens (tertiary/aromatic N) is 1. The molecule has 0 fully saturated rings. The first-order valence-corrected chi connectivity index (χ1v) is 3.61. The number of rotatable bonds is 1. The molecule has 0 rings (SSSR count). The van der Waals surface area contributed by atoms with Crippen LogP contribution in [0, 0.1) is 5.41 Å². The molecule has 0 bridgehead atoms. The predicted molar refractivity (Wildman–Crippen MR) is 43.3 cm³/mol. The van der Waals surface area contributed by atoms with Crippen molar-refractivity contribution >= 4 is 17.0 Å². The molecule has 0 saturated carbocycles. The van der Waals surface area contributed by atoms with Gasteiger partial charge in [0.15, 0.2) is 0 Å². The van der Waals surface area contributed by atoms with Crippen molar-refractivity contribution in [2.45, 2.75) is 20.8 Å². The average molecular weight is 164 g/mol. The van der Waals surface area contributed by atoms with Crippen LogP contribution < -0.4 is 0 Å². The van der Waals surface area contributed by atoms with E-state index in [-0.39, 0.29) is 5.41 Å². The summed E-state index contributed by atoms with van der Waals surface area (Å²) in [6.45, 7) is 6.87. The summed E-state index contributed by atoms with van der Waals surface area (Å²) in [7, 11) is 1.70. The van der Waals surface area contributed by atoms with E-state index in [4.69, 9.17) is 11.6 Å². The van der Waals surface area contributed by atoms with Gasteiger partial charge in [0.2, 0.25) is 0 Å². The molecular formula is C7H14ClNO. The second-order valence-electron chi connectivity index (χ2n) is 3.67. The molecule has 0 aromatic heterocycles. The molecule has 2 nitrogen and oxygen atoms in total. The van der Waals surface area contributed by atoms with E-state index >= 15 is 0 Å². The Bertz CT molecular complexity index is 128. The van der Waals surface area contributed by atoms with Crippen molar-refractivity contribution in [2.24, 2.45) is 5.41 Å². The van der Waals surface area contributed by atoms with E-state index in [0.717, 1.165) is 0 Å². The van der Waals surface area contributed by atoms with Crippen molar-refractivity contribution in [1.82, 2.24) is 4.90 Å². The van der Waals surface area contributed by atoms with Gasteiger partial charge in [-0.3, -0.25) is 4.79 Å². The molecule has 0 aliphatic carbocycles. The highest BCUT2D eigenvalue weighted by molar-refractivity contribution is 6.62. The Morgan fingerprint density at radius 2 is 1.90 bits per heavy atom. The third kappa shape index (κ3) is 4.62. The highest BCUT2D eigenvalue weighted by Gasteiger charge is 2.15. The molecular weight excluding hydrogens is 150 g/mol. The molecule has 0 unspecified atom stereocenters. The molecule has 0 radical (unpaired) electrons. The van der Waals surface area contributed by atoms with E-state index in [2.05, 4.69) is 20.8 Å². The normalized spacial score (nSPS) is 11.3. The van der Waals surface area contributed by atoms with Gasteiger partial charge in [-0.2, -0.15) is 0 Å². The lowest BCUT2D eigenvalue weighted by Gasteiger charge is -2.24. The third-order valence-electron chi connectivity index (χ3n) is 1.01. The molecule has 3 heteroatoms. The van der Waals surface area contributed by atoms with E-state index in [9.17, 15) is 4.79 Å².